The van der Waals surface area contributed by atoms with Gasteiger partial charge in [-0.2, -0.15) is 5.10 Å². The van der Waals surface area contributed by atoms with Crippen molar-refractivity contribution in [2.24, 2.45) is 17.8 Å². The van der Waals surface area contributed by atoms with Crippen molar-refractivity contribution in [3.05, 3.63) is 47.8 Å². The van der Waals surface area contributed by atoms with Crippen LogP contribution >= 0.6 is 0 Å². The standard InChI is InChI=1S/C23H31N3O2/c1-15(2)18-6-8-20(9-7-18)28-14-26-11-10-22(25-26)23(27)24-16(3)21-13-17-4-5-19(21)12-17/h6-11,15-17,19,21H,4-5,12-14H2,1-3H3,(H,24,27). The first-order valence-electron chi connectivity index (χ1n) is 10.6. The van der Waals surface area contributed by atoms with Crippen molar-refractivity contribution < 1.29 is 9.53 Å². The molecule has 1 heterocycles. The predicted molar refractivity (Wildman–Crippen MR) is 109 cm³/mol. The quantitative estimate of drug-likeness (QED) is 0.763. The van der Waals surface area contributed by atoms with Crippen LogP contribution in [0.1, 0.15) is 68.4 Å². The number of aromatic nitrogens is 2. The molecule has 0 aliphatic heterocycles. The first-order chi connectivity index (χ1) is 13.5. The van der Waals surface area contributed by atoms with E-state index in [-0.39, 0.29) is 18.7 Å². The van der Waals surface area contributed by atoms with Crippen molar-refractivity contribution in [1.82, 2.24) is 15.1 Å². The zero-order valence-electron chi connectivity index (χ0n) is 17.1. The molecule has 0 radical (unpaired) electrons. The van der Waals surface area contributed by atoms with Gasteiger partial charge in [-0.05, 0) is 73.6 Å². The zero-order chi connectivity index (χ0) is 19.7. The van der Waals surface area contributed by atoms with Crippen LogP contribution in [0.2, 0.25) is 0 Å². The van der Waals surface area contributed by atoms with Crippen LogP contribution in [0.4, 0.5) is 0 Å². The molecule has 4 rings (SSSR count). The van der Waals surface area contributed by atoms with Gasteiger partial charge in [-0.25, -0.2) is 4.68 Å². The van der Waals surface area contributed by atoms with Gasteiger partial charge in [0.1, 0.15) is 11.4 Å². The minimum atomic E-state index is -0.0877. The van der Waals surface area contributed by atoms with Gasteiger partial charge in [0, 0.05) is 12.2 Å². The van der Waals surface area contributed by atoms with Gasteiger partial charge in [-0.3, -0.25) is 4.79 Å². The average Bonchev–Trinajstić information content (AvgIpc) is 3.43. The van der Waals surface area contributed by atoms with Crippen LogP contribution in [0, 0.1) is 17.8 Å². The van der Waals surface area contributed by atoms with Crippen LogP contribution in [0.5, 0.6) is 5.75 Å². The highest BCUT2D eigenvalue weighted by Gasteiger charge is 2.42. The van der Waals surface area contributed by atoms with Crippen LogP contribution in [-0.2, 0) is 6.73 Å². The van der Waals surface area contributed by atoms with Gasteiger partial charge in [0.2, 0.25) is 0 Å². The van der Waals surface area contributed by atoms with Crippen LogP contribution in [0.3, 0.4) is 0 Å². The molecule has 2 bridgehead atoms. The van der Waals surface area contributed by atoms with Gasteiger partial charge in [-0.15, -0.1) is 0 Å². The second kappa shape index (κ2) is 7.98. The highest BCUT2D eigenvalue weighted by atomic mass is 16.5. The molecule has 0 saturated heterocycles. The summed E-state index contributed by atoms with van der Waals surface area (Å²) in [6.45, 7) is 6.77. The van der Waals surface area contributed by atoms with Crippen LogP contribution in [0.15, 0.2) is 36.5 Å². The summed E-state index contributed by atoms with van der Waals surface area (Å²) in [5, 5.41) is 7.55. The van der Waals surface area contributed by atoms with Gasteiger partial charge in [0.25, 0.3) is 5.91 Å². The Balaban J connectivity index is 1.29. The first-order valence-corrected chi connectivity index (χ1v) is 10.6. The van der Waals surface area contributed by atoms with Crippen LogP contribution in [-0.4, -0.2) is 21.7 Å². The van der Waals surface area contributed by atoms with E-state index in [0.29, 0.717) is 17.5 Å². The third kappa shape index (κ3) is 4.08. The molecule has 1 aromatic heterocycles. The zero-order valence-corrected chi connectivity index (χ0v) is 17.1. The van der Waals surface area contributed by atoms with Gasteiger partial charge in [-0.1, -0.05) is 32.4 Å². The number of amides is 1. The van der Waals surface area contributed by atoms with Crippen molar-refractivity contribution in [3.8, 4) is 5.75 Å². The van der Waals surface area contributed by atoms with Gasteiger partial charge >= 0.3 is 0 Å². The fourth-order valence-corrected chi connectivity index (χ4v) is 4.94. The monoisotopic (exact) mass is 381 g/mol. The third-order valence-corrected chi connectivity index (χ3v) is 6.58. The molecule has 5 nitrogen and oxygen atoms in total. The maximum atomic E-state index is 12.6. The highest BCUT2D eigenvalue weighted by molar-refractivity contribution is 5.92. The van der Waals surface area contributed by atoms with Crippen molar-refractivity contribution in [2.75, 3.05) is 0 Å². The number of ether oxygens (including phenoxy) is 1. The summed E-state index contributed by atoms with van der Waals surface area (Å²) < 4.78 is 7.44. The molecular formula is C23H31N3O2. The number of fused-ring (bicyclic) bond motifs is 2. The lowest BCUT2D eigenvalue weighted by atomic mass is 9.84. The number of carbonyl (C=O) groups excluding carboxylic acids is 1. The summed E-state index contributed by atoms with van der Waals surface area (Å²) in [6.07, 6.45) is 7.13. The van der Waals surface area contributed by atoms with E-state index in [2.05, 4.69) is 43.3 Å². The number of benzene rings is 1. The molecule has 1 amide bonds. The molecule has 1 aromatic carbocycles. The Kier molecular flexibility index (Phi) is 5.42. The van der Waals surface area contributed by atoms with Crippen molar-refractivity contribution in [2.45, 2.75) is 65.1 Å². The van der Waals surface area contributed by atoms with E-state index < -0.39 is 0 Å². The predicted octanol–water partition coefficient (Wildman–Crippen LogP) is 4.60. The lowest BCUT2D eigenvalue weighted by Crippen LogP contribution is -2.40. The van der Waals surface area contributed by atoms with Crippen molar-refractivity contribution in [1.29, 1.82) is 0 Å². The molecule has 4 atom stereocenters. The molecular weight excluding hydrogens is 350 g/mol. The summed E-state index contributed by atoms with van der Waals surface area (Å²) in [7, 11) is 0. The van der Waals surface area contributed by atoms with E-state index in [4.69, 9.17) is 4.74 Å². The second-order valence-corrected chi connectivity index (χ2v) is 8.84. The molecule has 2 aliphatic carbocycles. The molecule has 2 aliphatic rings. The second-order valence-electron chi connectivity index (χ2n) is 8.84. The summed E-state index contributed by atoms with van der Waals surface area (Å²) >= 11 is 0. The van der Waals surface area contributed by atoms with E-state index >= 15 is 0 Å². The molecule has 2 aromatic rings. The van der Waals surface area contributed by atoms with Gasteiger partial charge in [0.15, 0.2) is 6.73 Å². The van der Waals surface area contributed by atoms with E-state index in [1.165, 1.54) is 31.2 Å². The fraction of sp³-hybridized carbons (Fsp3) is 0.565. The molecule has 150 valence electrons. The summed E-state index contributed by atoms with van der Waals surface area (Å²) in [6, 6.07) is 10.1. The third-order valence-electron chi connectivity index (χ3n) is 6.58. The number of hydrogen-bond acceptors (Lipinski definition) is 3. The minimum absolute atomic E-state index is 0.0877. The number of nitrogens with zero attached hydrogens (tertiary/aromatic N) is 2. The molecule has 4 unspecified atom stereocenters. The van der Waals surface area contributed by atoms with E-state index in [1.54, 1.807) is 16.9 Å². The van der Waals surface area contributed by atoms with E-state index in [9.17, 15) is 4.79 Å². The number of nitrogens with one attached hydrogen (secondary N) is 1. The molecule has 2 saturated carbocycles. The Morgan fingerprint density at radius 1 is 1.18 bits per heavy atom. The minimum Gasteiger partial charge on any atom is -0.471 e. The number of rotatable bonds is 7. The smallest absolute Gasteiger partial charge is 0.271 e. The van der Waals surface area contributed by atoms with Crippen molar-refractivity contribution >= 4 is 5.91 Å². The summed E-state index contributed by atoms with van der Waals surface area (Å²) in [5.41, 5.74) is 1.74. The topological polar surface area (TPSA) is 56.1 Å². The maximum Gasteiger partial charge on any atom is 0.271 e. The lowest BCUT2D eigenvalue weighted by molar-refractivity contribution is 0.0908. The van der Waals surface area contributed by atoms with E-state index in [1.807, 2.05) is 12.1 Å². The largest absolute Gasteiger partial charge is 0.471 e. The highest BCUT2D eigenvalue weighted by Crippen LogP contribution is 2.49. The molecule has 2 fully saturated rings. The Morgan fingerprint density at radius 3 is 2.61 bits per heavy atom. The summed E-state index contributed by atoms with van der Waals surface area (Å²) in [4.78, 5) is 12.6. The summed E-state index contributed by atoms with van der Waals surface area (Å²) in [5.74, 6) is 3.53. The molecule has 28 heavy (non-hydrogen) atoms. The normalized spacial score (nSPS) is 24.5. The SMILES string of the molecule is CC(C)c1ccc(OCn2ccc(C(=O)NC(C)C3CC4CCC3C4)n2)cc1. The average molecular weight is 382 g/mol. The Morgan fingerprint density at radius 2 is 1.96 bits per heavy atom. The first kappa shape index (κ1) is 19.0. The molecule has 1 N–H and O–H groups in total. The molecule has 0 spiro atoms. The van der Waals surface area contributed by atoms with Crippen LogP contribution < -0.4 is 10.1 Å². The lowest BCUT2D eigenvalue weighted by Gasteiger charge is -2.28. The van der Waals surface area contributed by atoms with Gasteiger partial charge in [0.05, 0.1) is 0 Å². The van der Waals surface area contributed by atoms with Crippen LogP contribution in [0.25, 0.3) is 0 Å². The molecule has 5 heteroatoms. The Bertz CT molecular complexity index is 812. The Hall–Kier alpha value is -2.30. The van der Waals surface area contributed by atoms with E-state index in [0.717, 1.165) is 17.6 Å². The maximum absolute atomic E-state index is 12.6. The number of carbonyl (C=O) groups is 1. The fourth-order valence-electron chi connectivity index (χ4n) is 4.94. The Labute approximate surface area is 167 Å². The number of hydrogen-bond donors (Lipinski definition) is 1. The van der Waals surface area contributed by atoms with Crippen molar-refractivity contribution in [3.63, 3.8) is 0 Å². The van der Waals surface area contributed by atoms with Gasteiger partial charge < -0.3 is 10.1 Å².